The van der Waals surface area contributed by atoms with E-state index in [1.165, 1.54) is 27.8 Å². The zero-order valence-electron chi connectivity index (χ0n) is 16.4. The first kappa shape index (κ1) is 19.2. The number of hydrogen-bond donors (Lipinski definition) is 1. The highest BCUT2D eigenvalue weighted by Gasteiger charge is 2.19. The number of nitrogens with one attached hydrogen (secondary N) is 1. The van der Waals surface area contributed by atoms with E-state index in [9.17, 15) is 13.2 Å². The molecule has 0 unspecified atom stereocenters. The second-order valence-corrected chi connectivity index (χ2v) is 10.8. The number of aryl methyl sites for hydroxylation is 2. The number of anilines is 1. The molecule has 0 spiro atoms. The largest absolute Gasteiger partial charge is 0.302 e. The third-order valence-corrected chi connectivity index (χ3v) is 8.29. The first-order valence-electron chi connectivity index (χ1n) is 9.90. The minimum absolute atomic E-state index is 0.0579. The zero-order chi connectivity index (χ0) is 20.9. The van der Waals surface area contributed by atoms with Crippen molar-refractivity contribution >= 4 is 53.2 Å². The number of amides is 1. The SMILES string of the molecule is CCS(=O)(=O)c1ccc(CC(=O)Nc2nc3c(cc4c5c(cccc53)CC4)s2)cc1. The number of sulfone groups is 1. The van der Waals surface area contributed by atoms with Gasteiger partial charge in [0, 0.05) is 5.39 Å². The molecule has 1 aliphatic rings. The van der Waals surface area contributed by atoms with E-state index in [-0.39, 0.29) is 23.0 Å². The molecule has 0 saturated carbocycles. The summed E-state index contributed by atoms with van der Waals surface area (Å²) in [6, 6.07) is 15.1. The van der Waals surface area contributed by atoms with Gasteiger partial charge in [0.2, 0.25) is 5.91 Å². The van der Waals surface area contributed by atoms with Gasteiger partial charge in [0.25, 0.3) is 0 Å². The average Bonchev–Trinajstić information content (AvgIpc) is 3.33. The molecule has 1 N–H and O–H groups in total. The lowest BCUT2D eigenvalue weighted by molar-refractivity contribution is -0.115. The molecule has 5 nitrogen and oxygen atoms in total. The van der Waals surface area contributed by atoms with Crippen LogP contribution in [-0.4, -0.2) is 25.1 Å². The number of fused-ring (bicyclic) bond motifs is 2. The van der Waals surface area contributed by atoms with E-state index in [1.54, 1.807) is 31.2 Å². The molecular formula is C23H20N2O3S2. The van der Waals surface area contributed by atoms with E-state index >= 15 is 0 Å². The summed E-state index contributed by atoms with van der Waals surface area (Å²) < 4.78 is 24.9. The molecule has 0 radical (unpaired) electrons. The molecule has 0 saturated heterocycles. The summed E-state index contributed by atoms with van der Waals surface area (Å²) >= 11 is 1.49. The highest BCUT2D eigenvalue weighted by atomic mass is 32.2. The number of rotatable bonds is 5. The smallest absolute Gasteiger partial charge is 0.230 e. The predicted molar refractivity (Wildman–Crippen MR) is 121 cm³/mol. The minimum Gasteiger partial charge on any atom is -0.302 e. The van der Waals surface area contributed by atoms with Crippen LogP contribution in [0.15, 0.2) is 53.4 Å². The maximum Gasteiger partial charge on any atom is 0.230 e. The minimum atomic E-state index is -3.24. The fourth-order valence-corrected chi connectivity index (χ4v) is 5.94. The van der Waals surface area contributed by atoms with Crippen molar-refractivity contribution in [1.29, 1.82) is 0 Å². The van der Waals surface area contributed by atoms with Crippen LogP contribution in [0.2, 0.25) is 0 Å². The fraction of sp³-hybridized carbons (Fsp3) is 0.217. The second kappa shape index (κ2) is 7.18. The molecule has 0 atom stereocenters. The van der Waals surface area contributed by atoms with Crippen LogP contribution in [0.3, 0.4) is 0 Å². The van der Waals surface area contributed by atoms with E-state index in [0.717, 1.165) is 34.0 Å². The van der Waals surface area contributed by atoms with Gasteiger partial charge >= 0.3 is 0 Å². The Labute approximate surface area is 178 Å². The molecule has 5 rings (SSSR count). The first-order chi connectivity index (χ1) is 14.4. The van der Waals surface area contributed by atoms with Crippen molar-refractivity contribution in [2.24, 2.45) is 0 Å². The summed E-state index contributed by atoms with van der Waals surface area (Å²) in [4.78, 5) is 17.5. The molecule has 30 heavy (non-hydrogen) atoms. The zero-order valence-corrected chi connectivity index (χ0v) is 18.1. The molecule has 7 heteroatoms. The van der Waals surface area contributed by atoms with Gasteiger partial charge in [-0.1, -0.05) is 48.6 Å². The normalized spacial score (nSPS) is 13.2. The molecule has 1 aromatic heterocycles. The summed E-state index contributed by atoms with van der Waals surface area (Å²) in [5, 5.41) is 5.96. The van der Waals surface area contributed by atoms with Crippen LogP contribution >= 0.6 is 11.3 Å². The van der Waals surface area contributed by atoms with Crippen LogP contribution in [0.4, 0.5) is 5.13 Å². The standard InChI is InChI=1S/C23H20N2O3S2/c1-2-30(27,28)17-10-6-14(7-11-17)12-20(26)24-23-25-22-18-5-3-4-15-8-9-16(21(15)18)13-19(22)29-23/h3-7,10-11,13H,2,8-9,12H2,1H3,(H,24,25,26). The molecule has 1 heterocycles. The molecule has 1 amide bonds. The number of carbonyl (C=O) groups is 1. The molecular weight excluding hydrogens is 416 g/mol. The van der Waals surface area contributed by atoms with Gasteiger partial charge in [-0.3, -0.25) is 4.79 Å². The molecule has 4 aromatic rings. The maximum atomic E-state index is 12.5. The van der Waals surface area contributed by atoms with Crippen LogP contribution in [0.5, 0.6) is 0 Å². The molecule has 0 bridgehead atoms. The first-order valence-corrected chi connectivity index (χ1v) is 12.4. The van der Waals surface area contributed by atoms with Gasteiger partial charge in [0.15, 0.2) is 15.0 Å². The van der Waals surface area contributed by atoms with E-state index in [4.69, 9.17) is 4.98 Å². The van der Waals surface area contributed by atoms with Gasteiger partial charge in [-0.05, 0) is 53.1 Å². The van der Waals surface area contributed by atoms with Crippen molar-refractivity contribution in [2.75, 3.05) is 11.1 Å². The van der Waals surface area contributed by atoms with Crippen LogP contribution in [0, 0.1) is 0 Å². The van der Waals surface area contributed by atoms with Crippen LogP contribution in [0.25, 0.3) is 21.0 Å². The number of aromatic nitrogens is 1. The van der Waals surface area contributed by atoms with E-state index in [2.05, 4.69) is 29.6 Å². The summed E-state index contributed by atoms with van der Waals surface area (Å²) in [5.74, 6) is -0.111. The lowest BCUT2D eigenvalue weighted by Crippen LogP contribution is -2.14. The third kappa shape index (κ3) is 3.28. The molecule has 1 aliphatic carbocycles. The molecule has 0 aliphatic heterocycles. The Morgan fingerprint density at radius 3 is 2.63 bits per heavy atom. The van der Waals surface area contributed by atoms with Gasteiger partial charge in [-0.25, -0.2) is 13.4 Å². The van der Waals surface area contributed by atoms with E-state index in [0.29, 0.717) is 5.13 Å². The van der Waals surface area contributed by atoms with Crippen molar-refractivity contribution in [2.45, 2.75) is 31.1 Å². The average molecular weight is 437 g/mol. The van der Waals surface area contributed by atoms with Gasteiger partial charge in [0.1, 0.15) is 0 Å². The number of hydrogen-bond acceptors (Lipinski definition) is 5. The summed E-state index contributed by atoms with van der Waals surface area (Å²) in [6.45, 7) is 1.62. The number of nitrogens with zero attached hydrogens (tertiary/aromatic N) is 1. The van der Waals surface area contributed by atoms with Crippen molar-refractivity contribution in [3.63, 3.8) is 0 Å². The lowest BCUT2D eigenvalue weighted by Gasteiger charge is -2.04. The van der Waals surface area contributed by atoms with Gasteiger partial charge in [-0.15, -0.1) is 0 Å². The van der Waals surface area contributed by atoms with E-state index < -0.39 is 9.84 Å². The summed E-state index contributed by atoms with van der Waals surface area (Å²) in [7, 11) is -3.24. The maximum absolute atomic E-state index is 12.5. The van der Waals surface area contributed by atoms with Gasteiger partial charge < -0.3 is 5.32 Å². The summed E-state index contributed by atoms with van der Waals surface area (Å²) in [5.41, 5.74) is 4.43. The third-order valence-electron chi connectivity index (χ3n) is 5.62. The van der Waals surface area contributed by atoms with Crippen molar-refractivity contribution < 1.29 is 13.2 Å². The number of benzene rings is 3. The topological polar surface area (TPSA) is 76.1 Å². The van der Waals surface area contributed by atoms with Crippen LogP contribution in [-0.2, 0) is 33.9 Å². The Hall–Kier alpha value is -2.77. The highest BCUT2D eigenvalue weighted by Crippen LogP contribution is 2.39. The summed E-state index contributed by atoms with van der Waals surface area (Å²) in [6.07, 6.45) is 2.29. The van der Waals surface area contributed by atoms with Crippen LogP contribution < -0.4 is 5.32 Å². The fourth-order valence-electron chi connectivity index (χ4n) is 4.09. The van der Waals surface area contributed by atoms with Gasteiger partial charge in [-0.2, -0.15) is 0 Å². The Morgan fingerprint density at radius 2 is 1.87 bits per heavy atom. The van der Waals surface area contributed by atoms with Crippen molar-refractivity contribution in [3.8, 4) is 0 Å². The molecule has 152 valence electrons. The number of thiazole rings is 1. The Morgan fingerprint density at radius 1 is 1.10 bits per heavy atom. The lowest BCUT2D eigenvalue weighted by atomic mass is 10.0. The monoisotopic (exact) mass is 436 g/mol. The van der Waals surface area contributed by atoms with Crippen molar-refractivity contribution in [1.82, 2.24) is 4.98 Å². The Kier molecular flexibility index (Phi) is 4.60. The van der Waals surface area contributed by atoms with Crippen LogP contribution in [0.1, 0.15) is 23.6 Å². The predicted octanol–water partition coefficient (Wildman–Crippen LogP) is 4.52. The molecule has 0 fully saturated rings. The second-order valence-electron chi connectivity index (χ2n) is 7.51. The number of carbonyl (C=O) groups excluding carboxylic acids is 1. The highest BCUT2D eigenvalue weighted by molar-refractivity contribution is 7.91. The van der Waals surface area contributed by atoms with E-state index in [1.807, 2.05) is 0 Å². The van der Waals surface area contributed by atoms with Gasteiger partial charge in [0.05, 0.1) is 27.3 Å². The quantitative estimate of drug-likeness (QED) is 0.499. The Bertz CT molecular complexity index is 1400. The molecule has 3 aromatic carbocycles. The Balaban J connectivity index is 1.38. The van der Waals surface area contributed by atoms with Crippen molar-refractivity contribution in [3.05, 3.63) is 65.2 Å².